The van der Waals surface area contributed by atoms with Crippen LogP contribution < -0.4 is 0 Å². The Bertz CT molecular complexity index is 2630. The lowest BCUT2D eigenvalue weighted by atomic mass is 9.96. The first-order chi connectivity index (χ1) is 24.3. The summed E-state index contributed by atoms with van der Waals surface area (Å²) in [4.78, 5) is 0. The lowest BCUT2D eigenvalue weighted by Gasteiger charge is -2.18. The van der Waals surface area contributed by atoms with Gasteiger partial charge in [-0.15, -0.1) is 0 Å². The van der Waals surface area contributed by atoms with Crippen LogP contribution in [0.1, 0.15) is 43.4 Å². The van der Waals surface area contributed by atoms with Crippen LogP contribution in [0, 0.1) is 17.8 Å². The van der Waals surface area contributed by atoms with Gasteiger partial charge in [0.15, 0.2) is 0 Å². The van der Waals surface area contributed by atoms with Crippen molar-refractivity contribution in [2.75, 3.05) is 0 Å². The van der Waals surface area contributed by atoms with Crippen LogP contribution in [0.25, 0.3) is 72.1 Å². The molecule has 4 aliphatic carbocycles. The Morgan fingerprint density at radius 2 is 1.35 bits per heavy atom. The summed E-state index contributed by atoms with van der Waals surface area (Å²) >= 11 is 0. The topological polar surface area (TPSA) is 9.86 Å². The van der Waals surface area contributed by atoms with Gasteiger partial charge in [-0.3, -0.25) is 0 Å². The fourth-order valence-corrected chi connectivity index (χ4v) is 9.75. The molecule has 0 radical (unpaired) electrons. The zero-order chi connectivity index (χ0) is 32.1. The number of aromatic nitrogens is 2. The molecule has 0 amide bonds. The van der Waals surface area contributed by atoms with Crippen molar-refractivity contribution in [3.05, 3.63) is 150 Å². The van der Waals surface area contributed by atoms with E-state index in [0.717, 1.165) is 37.0 Å². The summed E-state index contributed by atoms with van der Waals surface area (Å²) in [6, 6.07) is 38.7. The quantitative estimate of drug-likeness (QED) is 0.171. The minimum absolute atomic E-state index is 0.791. The van der Waals surface area contributed by atoms with Crippen LogP contribution in [0.2, 0.25) is 0 Å². The van der Waals surface area contributed by atoms with E-state index in [2.05, 4.69) is 149 Å². The van der Waals surface area contributed by atoms with Gasteiger partial charge < -0.3 is 9.13 Å². The molecule has 1 saturated carbocycles. The number of hydrogen-bond acceptors (Lipinski definition) is 0. The number of nitrogens with zero attached hydrogens (tertiary/aromatic N) is 2. The third kappa shape index (κ3) is 4.13. The van der Waals surface area contributed by atoms with Crippen molar-refractivity contribution in [1.82, 2.24) is 9.13 Å². The van der Waals surface area contributed by atoms with Gasteiger partial charge in [0.05, 0.1) is 22.2 Å². The maximum atomic E-state index is 2.54. The standard InChI is InChI=1S/C47H38N2/c1-2-12-35-30(10-1)11-9-19-42(35)49-44-18-8-6-14-37(44)41-29-33(23-27-46(41)49)32-22-26-45-40(28-32)36-13-5-7-17-43(36)48(45)34-24-20-31(21-25-34)47-38-15-3-4-16-39(38)47/h1-3,5-7,9-15,17,19-20,22-24,26-29,38-39,47H,4,8,16,18,21,25H2/t38?,39?,47-/m1/s1. The Balaban J connectivity index is 1.03. The fourth-order valence-electron chi connectivity index (χ4n) is 9.75. The predicted molar refractivity (Wildman–Crippen MR) is 207 cm³/mol. The summed E-state index contributed by atoms with van der Waals surface area (Å²) in [7, 11) is 0. The molecule has 2 heterocycles. The third-order valence-electron chi connectivity index (χ3n) is 12.1. The highest BCUT2D eigenvalue weighted by Crippen LogP contribution is 2.58. The number of hydrogen-bond donors (Lipinski definition) is 0. The molecule has 2 nitrogen and oxygen atoms in total. The van der Waals surface area contributed by atoms with Crippen molar-refractivity contribution in [3.8, 4) is 16.8 Å². The monoisotopic (exact) mass is 630 g/mol. The summed E-state index contributed by atoms with van der Waals surface area (Å²) in [5.41, 5.74) is 13.6. The Morgan fingerprint density at radius 3 is 2.18 bits per heavy atom. The Hall–Kier alpha value is -5.34. The van der Waals surface area contributed by atoms with Crippen LogP contribution in [0.3, 0.4) is 0 Å². The predicted octanol–water partition coefficient (Wildman–Crippen LogP) is 12.3. The molecule has 49 heavy (non-hydrogen) atoms. The average molecular weight is 631 g/mol. The normalized spacial score (nSPS) is 21.3. The molecule has 236 valence electrons. The smallest absolute Gasteiger partial charge is 0.0538 e. The van der Waals surface area contributed by atoms with Crippen LogP contribution in [0.4, 0.5) is 0 Å². The molecule has 3 atom stereocenters. The summed E-state index contributed by atoms with van der Waals surface area (Å²) in [6.45, 7) is 0. The summed E-state index contributed by atoms with van der Waals surface area (Å²) < 4.78 is 5.07. The molecule has 0 N–H and O–H groups in total. The van der Waals surface area contributed by atoms with Gasteiger partial charge in [0, 0.05) is 38.5 Å². The number of rotatable bonds is 4. The molecule has 11 rings (SSSR count). The van der Waals surface area contributed by atoms with Crippen LogP contribution in [0.15, 0.2) is 139 Å². The van der Waals surface area contributed by atoms with Gasteiger partial charge in [-0.1, -0.05) is 103 Å². The Morgan fingerprint density at radius 1 is 0.571 bits per heavy atom. The van der Waals surface area contributed by atoms with Gasteiger partial charge in [0.25, 0.3) is 0 Å². The summed E-state index contributed by atoms with van der Waals surface area (Å²) in [5, 5.41) is 6.58. The minimum Gasteiger partial charge on any atom is -0.313 e. The molecule has 7 aromatic rings. The molecule has 2 aromatic heterocycles. The first-order valence-electron chi connectivity index (χ1n) is 18.2. The van der Waals surface area contributed by atoms with Crippen molar-refractivity contribution < 1.29 is 0 Å². The van der Waals surface area contributed by atoms with E-state index in [0.29, 0.717) is 0 Å². The fraction of sp³-hybridized carbons (Fsp3) is 0.191. The van der Waals surface area contributed by atoms with E-state index in [-0.39, 0.29) is 0 Å². The van der Waals surface area contributed by atoms with Gasteiger partial charge >= 0.3 is 0 Å². The molecule has 2 unspecified atom stereocenters. The number of allylic oxidation sites excluding steroid dienone is 7. The molecule has 0 aliphatic heterocycles. The van der Waals surface area contributed by atoms with E-state index in [1.807, 2.05) is 0 Å². The number of para-hydroxylation sites is 1. The highest BCUT2D eigenvalue weighted by Gasteiger charge is 2.50. The Labute approximate surface area is 287 Å². The van der Waals surface area contributed by atoms with Gasteiger partial charge in [-0.05, 0) is 115 Å². The van der Waals surface area contributed by atoms with E-state index in [1.54, 1.807) is 5.57 Å². The summed E-state index contributed by atoms with van der Waals surface area (Å²) in [6.07, 6.45) is 21.5. The molecule has 4 aliphatic rings. The molecule has 0 saturated heterocycles. The molecule has 0 bridgehead atoms. The van der Waals surface area contributed by atoms with Crippen molar-refractivity contribution in [2.24, 2.45) is 17.8 Å². The van der Waals surface area contributed by atoms with E-state index in [9.17, 15) is 0 Å². The first kappa shape index (κ1) is 27.6. The second-order valence-electron chi connectivity index (χ2n) is 14.6. The van der Waals surface area contributed by atoms with Crippen molar-refractivity contribution in [1.29, 1.82) is 0 Å². The van der Waals surface area contributed by atoms with Gasteiger partial charge in [0.1, 0.15) is 0 Å². The highest BCUT2D eigenvalue weighted by molar-refractivity contribution is 6.11. The molecular formula is C47H38N2. The highest BCUT2D eigenvalue weighted by atomic mass is 15.0. The van der Waals surface area contributed by atoms with E-state index in [1.165, 1.54) is 96.5 Å². The zero-order valence-corrected chi connectivity index (χ0v) is 27.6. The molecule has 2 heteroatoms. The van der Waals surface area contributed by atoms with Gasteiger partial charge in [-0.2, -0.15) is 0 Å². The van der Waals surface area contributed by atoms with Crippen LogP contribution in [-0.2, 0) is 6.42 Å². The average Bonchev–Trinajstić information content (AvgIpc) is 3.68. The van der Waals surface area contributed by atoms with E-state index in [4.69, 9.17) is 0 Å². The second kappa shape index (κ2) is 10.6. The van der Waals surface area contributed by atoms with Gasteiger partial charge in [0.2, 0.25) is 0 Å². The molecular weight excluding hydrogens is 593 g/mol. The zero-order valence-electron chi connectivity index (χ0n) is 27.6. The summed E-state index contributed by atoms with van der Waals surface area (Å²) in [5.74, 6) is 2.49. The second-order valence-corrected chi connectivity index (χ2v) is 14.6. The lowest BCUT2D eigenvalue weighted by Crippen LogP contribution is -2.03. The van der Waals surface area contributed by atoms with Crippen molar-refractivity contribution in [3.63, 3.8) is 0 Å². The SMILES string of the molecule is C1=Cc2c(n(-c3cccc4ccccc34)c3ccc(-c4ccc5c(c4)c4ccccc4n5C4=CC=C([C@@H]5C6C=CCCC65)CC4)cc23)CC1. The first-order valence-corrected chi connectivity index (χ1v) is 18.2. The van der Waals surface area contributed by atoms with Gasteiger partial charge in [-0.25, -0.2) is 0 Å². The lowest BCUT2D eigenvalue weighted by molar-refractivity contribution is 0.658. The largest absolute Gasteiger partial charge is 0.313 e. The Kier molecular flexibility index (Phi) is 5.96. The van der Waals surface area contributed by atoms with Crippen LogP contribution in [0.5, 0.6) is 0 Å². The molecule has 5 aromatic carbocycles. The number of benzene rings is 5. The van der Waals surface area contributed by atoms with Crippen LogP contribution >= 0.6 is 0 Å². The molecule has 0 spiro atoms. The van der Waals surface area contributed by atoms with Crippen molar-refractivity contribution >= 4 is 55.3 Å². The molecule has 1 fully saturated rings. The minimum atomic E-state index is 0.791. The number of fused-ring (bicyclic) bond motifs is 8. The van der Waals surface area contributed by atoms with Crippen molar-refractivity contribution in [2.45, 2.75) is 38.5 Å². The third-order valence-corrected chi connectivity index (χ3v) is 12.1. The maximum absolute atomic E-state index is 2.54. The van der Waals surface area contributed by atoms with Crippen LogP contribution in [-0.4, -0.2) is 9.13 Å². The van der Waals surface area contributed by atoms with E-state index < -0.39 is 0 Å². The maximum Gasteiger partial charge on any atom is 0.0538 e. The van der Waals surface area contributed by atoms with E-state index >= 15 is 0 Å².